The Bertz CT molecular complexity index is 600. The molecule has 0 saturated heterocycles. The lowest BCUT2D eigenvalue weighted by atomic mass is 10.2. The van der Waals surface area contributed by atoms with Gasteiger partial charge in [-0.15, -0.1) is 0 Å². The van der Waals surface area contributed by atoms with Crippen LogP contribution in [0.15, 0.2) is 9.59 Å². The van der Waals surface area contributed by atoms with Crippen LogP contribution in [-0.4, -0.2) is 41.0 Å². The van der Waals surface area contributed by atoms with Gasteiger partial charge in [0, 0.05) is 20.6 Å². The Morgan fingerprint density at radius 3 is 2.50 bits per heavy atom. The summed E-state index contributed by atoms with van der Waals surface area (Å²) < 4.78 is 1.29. The van der Waals surface area contributed by atoms with Crippen LogP contribution in [0.3, 0.4) is 0 Å². The Labute approximate surface area is 116 Å². The van der Waals surface area contributed by atoms with Crippen LogP contribution in [-0.2, 0) is 11.3 Å². The SMILES string of the molecule is CC(C)Cn1c(N)c(NCC(=O)N(C)C)c(=O)[nH]c1=O. The summed E-state index contributed by atoms with van der Waals surface area (Å²) >= 11 is 0. The molecular formula is C12H21N5O3. The highest BCUT2D eigenvalue weighted by atomic mass is 16.2. The predicted octanol–water partition coefficient (Wildman–Crippen LogP) is -0.725. The fraction of sp³-hybridized carbons (Fsp3) is 0.583. The van der Waals surface area contributed by atoms with E-state index in [9.17, 15) is 14.4 Å². The van der Waals surface area contributed by atoms with E-state index in [0.717, 1.165) is 0 Å². The lowest BCUT2D eigenvalue weighted by molar-refractivity contribution is -0.126. The van der Waals surface area contributed by atoms with E-state index in [0.29, 0.717) is 6.54 Å². The van der Waals surface area contributed by atoms with E-state index in [4.69, 9.17) is 5.73 Å². The van der Waals surface area contributed by atoms with Crippen molar-refractivity contribution >= 4 is 17.4 Å². The minimum absolute atomic E-state index is 0.0407. The zero-order valence-corrected chi connectivity index (χ0v) is 12.2. The lowest BCUT2D eigenvalue weighted by Crippen LogP contribution is -2.37. The second-order valence-electron chi connectivity index (χ2n) is 5.17. The second kappa shape index (κ2) is 6.27. The van der Waals surface area contributed by atoms with Gasteiger partial charge in [0.25, 0.3) is 5.56 Å². The summed E-state index contributed by atoms with van der Waals surface area (Å²) in [4.78, 5) is 38.6. The molecule has 0 spiro atoms. The topological polar surface area (TPSA) is 113 Å². The van der Waals surface area contributed by atoms with Crippen LogP contribution in [0, 0.1) is 5.92 Å². The average molecular weight is 283 g/mol. The maximum atomic E-state index is 11.7. The number of amides is 1. The first kappa shape index (κ1) is 15.8. The first-order valence-corrected chi connectivity index (χ1v) is 6.30. The van der Waals surface area contributed by atoms with Crippen molar-refractivity contribution in [3.63, 3.8) is 0 Å². The fourth-order valence-corrected chi connectivity index (χ4v) is 1.63. The van der Waals surface area contributed by atoms with Crippen molar-refractivity contribution in [1.29, 1.82) is 0 Å². The van der Waals surface area contributed by atoms with Crippen molar-refractivity contribution in [3.05, 3.63) is 20.8 Å². The number of carbonyl (C=O) groups is 1. The summed E-state index contributed by atoms with van der Waals surface area (Å²) in [5.41, 5.74) is 4.72. The van der Waals surface area contributed by atoms with Crippen LogP contribution in [0.2, 0.25) is 0 Å². The minimum atomic E-state index is -0.626. The van der Waals surface area contributed by atoms with Crippen molar-refractivity contribution < 1.29 is 4.79 Å². The standard InChI is InChI=1S/C12H21N5O3/c1-7(2)6-17-10(13)9(11(19)15-12(17)20)14-5-8(18)16(3)4/h7,14H,5-6,13H2,1-4H3,(H,15,19,20). The Morgan fingerprint density at radius 1 is 1.40 bits per heavy atom. The van der Waals surface area contributed by atoms with Gasteiger partial charge in [0.15, 0.2) is 0 Å². The normalized spacial score (nSPS) is 10.7. The van der Waals surface area contributed by atoms with Gasteiger partial charge in [-0.05, 0) is 5.92 Å². The number of anilines is 2. The molecule has 0 bridgehead atoms. The number of rotatable bonds is 5. The summed E-state index contributed by atoms with van der Waals surface area (Å²) in [5, 5.41) is 2.68. The number of nitrogen functional groups attached to an aromatic ring is 1. The van der Waals surface area contributed by atoms with Crippen molar-refractivity contribution in [2.75, 3.05) is 31.7 Å². The lowest BCUT2D eigenvalue weighted by Gasteiger charge is -2.16. The molecule has 0 fully saturated rings. The molecule has 1 rings (SSSR count). The summed E-state index contributed by atoms with van der Waals surface area (Å²) in [5.74, 6) is 0.0292. The molecule has 0 aromatic carbocycles. The zero-order valence-electron chi connectivity index (χ0n) is 12.2. The van der Waals surface area contributed by atoms with Gasteiger partial charge in [0.2, 0.25) is 5.91 Å². The van der Waals surface area contributed by atoms with Crippen molar-refractivity contribution in [2.45, 2.75) is 20.4 Å². The third-order valence-corrected chi connectivity index (χ3v) is 2.70. The molecule has 8 heteroatoms. The Balaban J connectivity index is 3.11. The highest BCUT2D eigenvalue weighted by Gasteiger charge is 2.14. The molecule has 0 aliphatic rings. The maximum Gasteiger partial charge on any atom is 0.330 e. The molecule has 112 valence electrons. The molecule has 1 heterocycles. The number of aromatic amines is 1. The molecule has 0 atom stereocenters. The Morgan fingerprint density at radius 2 is 2.00 bits per heavy atom. The average Bonchev–Trinajstić information content (AvgIpc) is 2.33. The van der Waals surface area contributed by atoms with Crippen LogP contribution in [0.1, 0.15) is 13.8 Å². The highest BCUT2D eigenvalue weighted by molar-refractivity contribution is 5.81. The van der Waals surface area contributed by atoms with Crippen LogP contribution in [0.5, 0.6) is 0 Å². The van der Waals surface area contributed by atoms with Crippen LogP contribution in [0.4, 0.5) is 11.5 Å². The van der Waals surface area contributed by atoms with Gasteiger partial charge in [-0.25, -0.2) is 4.79 Å². The number of nitrogens with two attached hydrogens (primary N) is 1. The summed E-state index contributed by atoms with van der Waals surface area (Å²) in [6.07, 6.45) is 0. The molecule has 1 amide bonds. The molecule has 0 unspecified atom stereocenters. The van der Waals surface area contributed by atoms with Crippen molar-refractivity contribution in [2.24, 2.45) is 5.92 Å². The molecule has 0 aliphatic heterocycles. The fourth-order valence-electron chi connectivity index (χ4n) is 1.63. The number of likely N-dealkylation sites (N-methyl/N-ethyl adjacent to an activating group) is 1. The van der Waals surface area contributed by atoms with Gasteiger partial charge in [-0.1, -0.05) is 13.8 Å². The second-order valence-corrected chi connectivity index (χ2v) is 5.17. The van der Waals surface area contributed by atoms with Gasteiger partial charge in [0.1, 0.15) is 11.5 Å². The smallest absolute Gasteiger partial charge is 0.330 e. The van der Waals surface area contributed by atoms with E-state index in [1.165, 1.54) is 9.47 Å². The van der Waals surface area contributed by atoms with E-state index in [1.54, 1.807) is 14.1 Å². The third kappa shape index (κ3) is 3.62. The third-order valence-electron chi connectivity index (χ3n) is 2.70. The molecule has 1 aromatic heterocycles. The van der Waals surface area contributed by atoms with Gasteiger partial charge < -0.3 is 16.0 Å². The number of hydrogen-bond donors (Lipinski definition) is 3. The van der Waals surface area contributed by atoms with Crippen LogP contribution in [0.25, 0.3) is 0 Å². The first-order valence-electron chi connectivity index (χ1n) is 6.30. The molecular weight excluding hydrogens is 262 g/mol. The number of nitrogens with zero attached hydrogens (tertiary/aromatic N) is 2. The Hall–Kier alpha value is -2.25. The minimum Gasteiger partial charge on any atom is -0.383 e. The van der Waals surface area contributed by atoms with E-state index < -0.39 is 11.2 Å². The number of nitrogens with one attached hydrogen (secondary N) is 2. The molecule has 8 nitrogen and oxygen atoms in total. The largest absolute Gasteiger partial charge is 0.383 e. The monoisotopic (exact) mass is 283 g/mol. The predicted molar refractivity (Wildman–Crippen MR) is 77.8 cm³/mol. The van der Waals surface area contributed by atoms with Gasteiger partial charge in [-0.3, -0.25) is 19.1 Å². The maximum absolute atomic E-state index is 11.7. The summed E-state index contributed by atoms with van der Waals surface area (Å²) in [6, 6.07) is 0. The van der Waals surface area contributed by atoms with Crippen LogP contribution >= 0.6 is 0 Å². The first-order chi connectivity index (χ1) is 9.23. The van der Waals surface area contributed by atoms with Crippen LogP contribution < -0.4 is 22.3 Å². The number of hydrogen-bond acceptors (Lipinski definition) is 5. The van der Waals surface area contributed by atoms with Gasteiger partial charge in [0.05, 0.1) is 6.54 Å². The molecule has 1 aromatic rings. The molecule has 0 radical (unpaired) electrons. The van der Waals surface area contributed by atoms with E-state index >= 15 is 0 Å². The highest BCUT2D eigenvalue weighted by Crippen LogP contribution is 2.11. The number of carbonyl (C=O) groups excluding carboxylic acids is 1. The quantitative estimate of drug-likeness (QED) is 0.659. The molecule has 20 heavy (non-hydrogen) atoms. The van der Waals surface area contributed by atoms with Crippen molar-refractivity contribution in [3.8, 4) is 0 Å². The van der Waals surface area contributed by atoms with E-state index in [-0.39, 0.29) is 29.9 Å². The number of aromatic nitrogens is 2. The molecule has 4 N–H and O–H groups in total. The summed E-state index contributed by atoms with van der Waals surface area (Å²) in [6.45, 7) is 4.18. The number of H-pyrrole nitrogens is 1. The molecule has 0 saturated carbocycles. The van der Waals surface area contributed by atoms with E-state index in [2.05, 4.69) is 10.3 Å². The van der Waals surface area contributed by atoms with Gasteiger partial charge >= 0.3 is 5.69 Å². The van der Waals surface area contributed by atoms with E-state index in [1.807, 2.05) is 13.8 Å². The zero-order chi connectivity index (χ0) is 15.4. The van der Waals surface area contributed by atoms with Gasteiger partial charge in [-0.2, -0.15) is 0 Å². The molecule has 0 aliphatic carbocycles. The summed E-state index contributed by atoms with van der Waals surface area (Å²) in [7, 11) is 3.22. The Kier molecular flexibility index (Phi) is 4.95. The van der Waals surface area contributed by atoms with Crippen molar-refractivity contribution in [1.82, 2.24) is 14.5 Å².